The molecule has 0 bridgehead atoms. The molecule has 36 heavy (non-hydrogen) atoms. The fourth-order valence-electron chi connectivity index (χ4n) is 4.57. The zero-order chi connectivity index (χ0) is 25.2. The van der Waals surface area contributed by atoms with Gasteiger partial charge in [0, 0.05) is 39.1 Å². The largest absolute Gasteiger partial charge is 0.454 e. The summed E-state index contributed by atoms with van der Waals surface area (Å²) in [6, 6.07) is 14.8. The van der Waals surface area contributed by atoms with Crippen molar-refractivity contribution >= 4 is 34.9 Å². The Hall–Kier alpha value is -3.78. The van der Waals surface area contributed by atoms with Crippen LogP contribution in [0.1, 0.15) is 45.0 Å². The second-order valence-electron chi connectivity index (χ2n) is 9.10. The van der Waals surface area contributed by atoms with Crippen molar-refractivity contribution in [1.82, 2.24) is 9.88 Å². The number of piperidine rings is 1. The molecule has 9 heteroatoms. The summed E-state index contributed by atoms with van der Waals surface area (Å²) in [5.41, 5.74) is 2.73. The third-order valence-corrected chi connectivity index (χ3v) is 6.91. The molecule has 0 saturated carbocycles. The van der Waals surface area contributed by atoms with Crippen molar-refractivity contribution in [3.8, 4) is 11.5 Å². The highest BCUT2D eigenvalue weighted by atomic mass is 35.5. The molecule has 1 fully saturated rings. The van der Waals surface area contributed by atoms with E-state index in [4.69, 9.17) is 21.1 Å². The first-order valence-electron chi connectivity index (χ1n) is 11.8. The fraction of sp³-hybridized carbons (Fsp3) is 0.296. The smallest absolute Gasteiger partial charge is 0.261 e. The highest BCUT2D eigenvalue weighted by Gasteiger charge is 2.27. The van der Waals surface area contributed by atoms with Gasteiger partial charge in [-0.15, -0.1) is 0 Å². The number of anilines is 2. The van der Waals surface area contributed by atoms with Crippen LogP contribution >= 0.6 is 11.6 Å². The molecule has 0 spiro atoms. The predicted molar refractivity (Wildman–Crippen MR) is 138 cm³/mol. The summed E-state index contributed by atoms with van der Waals surface area (Å²) in [4.78, 5) is 33.9. The summed E-state index contributed by atoms with van der Waals surface area (Å²) in [5, 5.41) is 3.19. The SMILES string of the molecule is CN(C)c1ccc(C(=O)N2CCC(c3ccc(NC(=O)c4c(Cl)ccc5c4OCO5)cc3)CC2)cn1. The minimum Gasteiger partial charge on any atom is -0.454 e. The normalized spacial score (nSPS) is 15.0. The van der Waals surface area contributed by atoms with Gasteiger partial charge in [0.25, 0.3) is 11.8 Å². The molecule has 1 saturated heterocycles. The maximum atomic E-state index is 12.9. The summed E-state index contributed by atoms with van der Waals surface area (Å²) >= 11 is 6.26. The number of carbonyl (C=O) groups is 2. The molecule has 0 atom stereocenters. The Balaban J connectivity index is 1.18. The number of nitrogens with one attached hydrogen (secondary N) is 1. The van der Waals surface area contributed by atoms with Gasteiger partial charge >= 0.3 is 0 Å². The highest BCUT2D eigenvalue weighted by molar-refractivity contribution is 6.35. The van der Waals surface area contributed by atoms with E-state index in [0.717, 1.165) is 18.7 Å². The van der Waals surface area contributed by atoms with Crippen LogP contribution in [0.3, 0.4) is 0 Å². The molecule has 0 radical (unpaired) electrons. The van der Waals surface area contributed by atoms with E-state index in [1.807, 2.05) is 60.3 Å². The second-order valence-corrected chi connectivity index (χ2v) is 9.51. The van der Waals surface area contributed by atoms with Crippen molar-refractivity contribution in [2.75, 3.05) is 44.2 Å². The van der Waals surface area contributed by atoms with Crippen molar-refractivity contribution in [2.45, 2.75) is 18.8 Å². The summed E-state index contributed by atoms with van der Waals surface area (Å²) < 4.78 is 10.8. The molecule has 2 amide bonds. The third-order valence-electron chi connectivity index (χ3n) is 6.59. The van der Waals surface area contributed by atoms with Gasteiger partial charge in [-0.1, -0.05) is 23.7 Å². The minimum absolute atomic E-state index is 0.0183. The molecule has 8 nitrogen and oxygen atoms in total. The van der Waals surface area contributed by atoms with Crippen LogP contribution in [0.4, 0.5) is 11.5 Å². The molecule has 2 aliphatic heterocycles. The van der Waals surface area contributed by atoms with E-state index >= 15 is 0 Å². The molecule has 186 valence electrons. The standard InChI is InChI=1S/C27H27ClN4O4/c1-31(2)23-10-5-19(15-29-23)27(34)32-13-11-18(12-14-32)17-3-6-20(7-4-17)30-26(33)24-21(28)8-9-22-25(24)36-16-35-22/h3-10,15,18H,11-14,16H2,1-2H3,(H,30,33). The molecule has 2 aromatic carbocycles. The first-order valence-corrected chi connectivity index (χ1v) is 12.2. The van der Waals surface area contributed by atoms with Crippen LogP contribution in [-0.2, 0) is 0 Å². The van der Waals surface area contributed by atoms with Gasteiger partial charge in [0.2, 0.25) is 6.79 Å². The Bertz CT molecular complexity index is 1270. The van der Waals surface area contributed by atoms with Crippen LogP contribution in [0.25, 0.3) is 0 Å². The van der Waals surface area contributed by atoms with E-state index in [0.29, 0.717) is 46.8 Å². The first kappa shape index (κ1) is 23.9. The topological polar surface area (TPSA) is 84.0 Å². The Morgan fingerprint density at radius 1 is 1.03 bits per heavy atom. The average Bonchev–Trinajstić information content (AvgIpc) is 3.37. The van der Waals surface area contributed by atoms with Gasteiger partial charge in [0.05, 0.1) is 10.6 Å². The van der Waals surface area contributed by atoms with Crippen LogP contribution in [0.15, 0.2) is 54.7 Å². The number of likely N-dealkylation sites (tertiary alicyclic amines) is 1. The monoisotopic (exact) mass is 506 g/mol. The number of aromatic nitrogens is 1. The van der Waals surface area contributed by atoms with Gasteiger partial charge in [-0.3, -0.25) is 9.59 Å². The maximum Gasteiger partial charge on any atom is 0.261 e. The number of hydrogen-bond donors (Lipinski definition) is 1. The fourth-order valence-corrected chi connectivity index (χ4v) is 4.80. The number of halogens is 1. The maximum absolute atomic E-state index is 12.9. The van der Waals surface area contributed by atoms with E-state index in [9.17, 15) is 9.59 Å². The van der Waals surface area contributed by atoms with Crippen molar-refractivity contribution in [1.29, 1.82) is 0 Å². The summed E-state index contributed by atoms with van der Waals surface area (Å²) in [6.45, 7) is 1.45. The first-order chi connectivity index (χ1) is 17.4. The summed E-state index contributed by atoms with van der Waals surface area (Å²) in [5.74, 6) is 1.71. The van der Waals surface area contributed by atoms with Crippen molar-refractivity contribution in [3.05, 3.63) is 76.4 Å². The molecular formula is C27H27ClN4O4. The van der Waals surface area contributed by atoms with E-state index in [1.165, 1.54) is 5.56 Å². The third kappa shape index (κ3) is 4.81. The van der Waals surface area contributed by atoms with E-state index in [1.54, 1.807) is 18.3 Å². The Labute approximate surface area is 214 Å². The van der Waals surface area contributed by atoms with E-state index in [2.05, 4.69) is 10.3 Å². The number of fused-ring (bicyclic) bond motifs is 1. The average molecular weight is 507 g/mol. The summed E-state index contributed by atoms with van der Waals surface area (Å²) in [6.07, 6.45) is 3.40. The van der Waals surface area contributed by atoms with Crippen molar-refractivity contribution < 1.29 is 19.1 Å². The molecule has 0 unspecified atom stereocenters. The van der Waals surface area contributed by atoms with Crippen molar-refractivity contribution in [3.63, 3.8) is 0 Å². The summed E-state index contributed by atoms with van der Waals surface area (Å²) in [7, 11) is 3.84. The van der Waals surface area contributed by atoms with Gasteiger partial charge in [-0.2, -0.15) is 0 Å². The van der Waals surface area contributed by atoms with Crippen LogP contribution in [0, 0.1) is 0 Å². The van der Waals surface area contributed by atoms with Gasteiger partial charge in [0.1, 0.15) is 11.4 Å². The predicted octanol–water partition coefficient (Wildman–Crippen LogP) is 4.80. The lowest BCUT2D eigenvalue weighted by Gasteiger charge is -2.32. The number of rotatable bonds is 5. The quantitative estimate of drug-likeness (QED) is 0.535. The molecule has 0 aliphatic carbocycles. The van der Waals surface area contributed by atoms with Crippen LogP contribution < -0.4 is 19.7 Å². The molecule has 2 aliphatic rings. The molecule has 3 aromatic rings. The number of carbonyl (C=O) groups excluding carboxylic acids is 2. The number of amides is 2. The lowest BCUT2D eigenvalue weighted by Crippen LogP contribution is -2.38. The van der Waals surface area contributed by atoms with Gasteiger partial charge in [-0.05, 0) is 60.7 Å². The van der Waals surface area contributed by atoms with Gasteiger partial charge < -0.3 is 24.6 Å². The molecule has 1 aromatic heterocycles. The van der Waals surface area contributed by atoms with Crippen LogP contribution in [0.5, 0.6) is 11.5 Å². The molecule has 5 rings (SSSR count). The second kappa shape index (κ2) is 10.1. The number of ether oxygens (including phenoxy) is 2. The van der Waals surface area contributed by atoms with E-state index in [-0.39, 0.29) is 24.2 Å². The number of nitrogens with zero attached hydrogens (tertiary/aromatic N) is 3. The van der Waals surface area contributed by atoms with Gasteiger partial charge in [0.15, 0.2) is 11.5 Å². The van der Waals surface area contributed by atoms with Crippen LogP contribution in [-0.4, -0.2) is 55.7 Å². The van der Waals surface area contributed by atoms with Gasteiger partial charge in [-0.25, -0.2) is 4.98 Å². The number of hydrogen-bond acceptors (Lipinski definition) is 6. The van der Waals surface area contributed by atoms with Crippen molar-refractivity contribution in [2.24, 2.45) is 0 Å². The minimum atomic E-state index is -0.352. The number of pyridine rings is 1. The number of benzene rings is 2. The van der Waals surface area contributed by atoms with Crippen LogP contribution in [0.2, 0.25) is 5.02 Å². The molecular weight excluding hydrogens is 480 g/mol. The lowest BCUT2D eigenvalue weighted by molar-refractivity contribution is 0.0712. The lowest BCUT2D eigenvalue weighted by atomic mass is 9.89. The molecule has 3 heterocycles. The zero-order valence-corrected chi connectivity index (χ0v) is 20.9. The zero-order valence-electron chi connectivity index (χ0n) is 20.2. The highest BCUT2D eigenvalue weighted by Crippen LogP contribution is 2.40. The Morgan fingerprint density at radius 2 is 1.78 bits per heavy atom. The Morgan fingerprint density at radius 3 is 2.44 bits per heavy atom. The molecule has 1 N–H and O–H groups in total. The van der Waals surface area contributed by atoms with E-state index < -0.39 is 0 Å². The Kier molecular flexibility index (Phi) is 6.69.